The van der Waals surface area contributed by atoms with E-state index in [1.54, 1.807) is 0 Å². The Labute approximate surface area is 136 Å². The molecule has 1 heterocycles. The molecule has 0 aromatic carbocycles. The Balaban J connectivity index is 1.67. The van der Waals surface area contributed by atoms with Gasteiger partial charge < -0.3 is 20.1 Å². The molecule has 0 amide bonds. The summed E-state index contributed by atoms with van der Waals surface area (Å²) >= 11 is 0. The maximum absolute atomic E-state index is 11.4. The minimum Gasteiger partial charge on any atom is -0.462 e. The summed E-state index contributed by atoms with van der Waals surface area (Å²) in [6.07, 6.45) is 6.52. The lowest BCUT2D eigenvalue weighted by atomic mass is 9.66. The molecule has 1 saturated heterocycles. The summed E-state index contributed by atoms with van der Waals surface area (Å²) in [5.41, 5.74) is 1.01. The topological polar surface area (TPSA) is 87.0 Å². The third-order valence-electron chi connectivity index (χ3n) is 5.45. The second-order valence-electron chi connectivity index (χ2n) is 7.23. The van der Waals surface area contributed by atoms with E-state index in [1.807, 2.05) is 12.2 Å². The molecule has 0 bridgehead atoms. The Morgan fingerprint density at radius 3 is 2.74 bits per heavy atom. The van der Waals surface area contributed by atoms with Gasteiger partial charge in [-0.25, -0.2) is 0 Å². The van der Waals surface area contributed by atoms with Crippen LogP contribution in [0.1, 0.15) is 39.0 Å². The first-order valence-corrected chi connectivity index (χ1v) is 8.57. The first-order valence-electron chi connectivity index (χ1n) is 8.57. The van der Waals surface area contributed by atoms with E-state index in [9.17, 15) is 20.1 Å². The highest BCUT2D eigenvalue weighted by Crippen LogP contribution is 2.42. The van der Waals surface area contributed by atoms with Crippen molar-refractivity contribution in [1.29, 1.82) is 0 Å². The lowest BCUT2D eigenvalue weighted by molar-refractivity contribution is -0.160. The predicted octanol–water partition coefficient (Wildman–Crippen LogP) is 1.32. The van der Waals surface area contributed by atoms with Crippen molar-refractivity contribution < 1.29 is 24.9 Å². The van der Waals surface area contributed by atoms with E-state index >= 15 is 0 Å². The number of cyclic esters (lactones) is 1. The van der Waals surface area contributed by atoms with Gasteiger partial charge in [0.15, 0.2) is 0 Å². The van der Waals surface area contributed by atoms with E-state index in [0.717, 1.165) is 12.0 Å². The molecule has 0 aromatic rings. The summed E-state index contributed by atoms with van der Waals surface area (Å²) in [6.45, 7) is 2.14. The molecule has 1 unspecified atom stereocenters. The van der Waals surface area contributed by atoms with Gasteiger partial charge in [-0.15, -0.1) is 0 Å². The van der Waals surface area contributed by atoms with Crippen molar-refractivity contribution in [2.24, 2.45) is 17.8 Å². The van der Waals surface area contributed by atoms with Gasteiger partial charge in [0, 0.05) is 18.8 Å². The van der Waals surface area contributed by atoms with Crippen LogP contribution in [-0.2, 0) is 9.53 Å². The first kappa shape index (κ1) is 16.7. The number of hydrogen-bond donors (Lipinski definition) is 3. The highest BCUT2D eigenvalue weighted by atomic mass is 16.5. The maximum atomic E-state index is 11.4. The SMILES string of the molecule is C[C@H]1C=CC2=C[C@@H](O)C[C@H](O)C2[C@H]1CC[C@@H]1C[C@@H](O)CC(=O)O1. The number of rotatable bonds is 3. The molecule has 2 aliphatic carbocycles. The van der Waals surface area contributed by atoms with Gasteiger partial charge in [-0.2, -0.15) is 0 Å². The minimum absolute atomic E-state index is 0.0302. The molecular formula is C18H26O5. The van der Waals surface area contributed by atoms with Crippen molar-refractivity contribution in [2.75, 3.05) is 0 Å². The fraction of sp³-hybridized carbons (Fsp3) is 0.722. The van der Waals surface area contributed by atoms with Crippen molar-refractivity contribution in [3.05, 3.63) is 23.8 Å². The number of carbonyl (C=O) groups excluding carboxylic acids is 1. The molecule has 23 heavy (non-hydrogen) atoms. The summed E-state index contributed by atoms with van der Waals surface area (Å²) in [6, 6.07) is 0. The van der Waals surface area contributed by atoms with Crippen LogP contribution in [0.25, 0.3) is 0 Å². The van der Waals surface area contributed by atoms with Gasteiger partial charge in [0.25, 0.3) is 0 Å². The van der Waals surface area contributed by atoms with Crippen molar-refractivity contribution >= 4 is 5.97 Å². The molecule has 3 aliphatic rings. The van der Waals surface area contributed by atoms with Crippen LogP contribution in [0.4, 0.5) is 0 Å². The molecular weight excluding hydrogens is 296 g/mol. The van der Waals surface area contributed by atoms with Crippen LogP contribution >= 0.6 is 0 Å². The molecule has 7 atom stereocenters. The number of allylic oxidation sites excluding steroid dienone is 2. The summed E-state index contributed by atoms with van der Waals surface area (Å²) in [5.74, 6) is 0.284. The molecule has 0 saturated carbocycles. The van der Waals surface area contributed by atoms with Crippen molar-refractivity contribution in [2.45, 2.75) is 63.4 Å². The van der Waals surface area contributed by atoms with E-state index in [0.29, 0.717) is 25.2 Å². The first-order chi connectivity index (χ1) is 10.9. The zero-order valence-corrected chi connectivity index (χ0v) is 13.5. The molecule has 5 heteroatoms. The second kappa shape index (κ2) is 6.75. The molecule has 128 valence electrons. The molecule has 0 spiro atoms. The Hall–Kier alpha value is -1.17. The van der Waals surface area contributed by atoms with E-state index in [4.69, 9.17) is 4.74 Å². The molecule has 3 rings (SSSR count). The number of carbonyl (C=O) groups is 1. The maximum Gasteiger partial charge on any atom is 0.308 e. The predicted molar refractivity (Wildman–Crippen MR) is 84.4 cm³/mol. The van der Waals surface area contributed by atoms with Crippen LogP contribution in [-0.4, -0.2) is 45.7 Å². The number of esters is 1. The van der Waals surface area contributed by atoms with Crippen LogP contribution < -0.4 is 0 Å². The van der Waals surface area contributed by atoms with Gasteiger partial charge in [-0.05, 0) is 30.3 Å². The molecule has 1 aliphatic heterocycles. The highest BCUT2D eigenvalue weighted by Gasteiger charge is 2.39. The molecule has 1 fully saturated rings. The summed E-state index contributed by atoms with van der Waals surface area (Å²) < 4.78 is 5.33. The van der Waals surface area contributed by atoms with Crippen molar-refractivity contribution in [3.8, 4) is 0 Å². The zero-order valence-electron chi connectivity index (χ0n) is 13.5. The Bertz CT molecular complexity index is 512. The van der Waals surface area contributed by atoms with Crippen LogP contribution in [0.2, 0.25) is 0 Å². The lowest BCUT2D eigenvalue weighted by Crippen LogP contribution is -2.40. The smallest absolute Gasteiger partial charge is 0.308 e. The van der Waals surface area contributed by atoms with Gasteiger partial charge in [0.05, 0.1) is 24.7 Å². The Kier molecular flexibility index (Phi) is 4.90. The number of ether oxygens (including phenoxy) is 1. The van der Waals surface area contributed by atoms with E-state index in [2.05, 4.69) is 13.0 Å². The number of aliphatic hydroxyl groups excluding tert-OH is 3. The van der Waals surface area contributed by atoms with Gasteiger partial charge in [0.1, 0.15) is 6.10 Å². The number of aliphatic hydroxyl groups is 3. The third-order valence-corrected chi connectivity index (χ3v) is 5.45. The largest absolute Gasteiger partial charge is 0.462 e. The van der Waals surface area contributed by atoms with Gasteiger partial charge in [0.2, 0.25) is 0 Å². The number of fused-ring (bicyclic) bond motifs is 1. The molecule has 3 N–H and O–H groups in total. The Morgan fingerprint density at radius 1 is 1.22 bits per heavy atom. The number of hydrogen-bond acceptors (Lipinski definition) is 5. The fourth-order valence-electron chi connectivity index (χ4n) is 4.31. The van der Waals surface area contributed by atoms with Gasteiger partial charge in [-0.3, -0.25) is 4.79 Å². The Morgan fingerprint density at radius 2 is 2.00 bits per heavy atom. The van der Waals surface area contributed by atoms with Crippen LogP contribution in [0, 0.1) is 17.8 Å². The average Bonchev–Trinajstić information content (AvgIpc) is 2.45. The van der Waals surface area contributed by atoms with E-state index in [-0.39, 0.29) is 30.3 Å². The van der Waals surface area contributed by atoms with Crippen molar-refractivity contribution in [3.63, 3.8) is 0 Å². The average molecular weight is 322 g/mol. The van der Waals surface area contributed by atoms with Gasteiger partial charge >= 0.3 is 5.97 Å². The summed E-state index contributed by atoms with van der Waals surface area (Å²) in [5, 5.41) is 29.9. The van der Waals surface area contributed by atoms with Crippen molar-refractivity contribution in [1.82, 2.24) is 0 Å². The van der Waals surface area contributed by atoms with E-state index in [1.165, 1.54) is 0 Å². The summed E-state index contributed by atoms with van der Waals surface area (Å²) in [7, 11) is 0. The quantitative estimate of drug-likeness (QED) is 0.682. The second-order valence-corrected chi connectivity index (χ2v) is 7.23. The molecule has 5 nitrogen and oxygen atoms in total. The van der Waals surface area contributed by atoms with Crippen LogP contribution in [0.15, 0.2) is 23.8 Å². The molecule has 0 radical (unpaired) electrons. The van der Waals surface area contributed by atoms with Gasteiger partial charge in [-0.1, -0.05) is 25.2 Å². The third kappa shape index (κ3) is 3.67. The lowest BCUT2D eigenvalue weighted by Gasteiger charge is -2.41. The van der Waals surface area contributed by atoms with Crippen LogP contribution in [0.3, 0.4) is 0 Å². The molecule has 0 aromatic heterocycles. The highest BCUT2D eigenvalue weighted by molar-refractivity contribution is 5.70. The normalized spacial score (nSPS) is 43.6. The standard InChI is InChI=1S/C18H26O5/c1-10-2-3-11-6-12(19)8-16(21)18(11)15(10)5-4-14-7-13(20)9-17(22)23-14/h2-3,6,10,12-16,18-21H,4-5,7-9H2,1H3/t10-,12+,13+,14+,15-,16-,18?/m0/s1. The van der Waals surface area contributed by atoms with E-state index < -0.39 is 18.3 Å². The monoisotopic (exact) mass is 322 g/mol. The fourth-order valence-corrected chi connectivity index (χ4v) is 4.31. The van der Waals surface area contributed by atoms with Crippen LogP contribution in [0.5, 0.6) is 0 Å². The minimum atomic E-state index is -0.601. The zero-order chi connectivity index (χ0) is 16.6. The summed E-state index contributed by atoms with van der Waals surface area (Å²) in [4.78, 5) is 11.4.